The maximum absolute atomic E-state index is 13.4. The number of esters is 1. The van der Waals surface area contributed by atoms with Crippen molar-refractivity contribution in [1.82, 2.24) is 4.98 Å². The molecule has 0 radical (unpaired) electrons. The summed E-state index contributed by atoms with van der Waals surface area (Å²) in [5, 5.41) is 0. The first-order chi connectivity index (χ1) is 7.99. The first-order valence-corrected chi connectivity index (χ1v) is 4.57. The Bertz CT molecular complexity index is 424. The molecule has 1 heterocycles. The highest BCUT2D eigenvalue weighted by atomic mass is 19.3. The molecule has 0 bridgehead atoms. The second-order valence-electron chi connectivity index (χ2n) is 3.07. The predicted octanol–water partition coefficient (Wildman–Crippen LogP) is 1.88. The van der Waals surface area contributed by atoms with Gasteiger partial charge in [-0.2, -0.15) is 4.39 Å². The second kappa shape index (κ2) is 5.51. The third-order valence-electron chi connectivity index (χ3n) is 2.04. The van der Waals surface area contributed by atoms with Crippen molar-refractivity contribution >= 4 is 5.97 Å². The predicted molar refractivity (Wildman–Crippen MR) is 51.4 cm³/mol. The van der Waals surface area contributed by atoms with E-state index in [-0.39, 0.29) is 11.3 Å². The molecule has 0 saturated heterocycles. The average molecular weight is 249 g/mol. The fourth-order valence-electron chi connectivity index (χ4n) is 1.21. The number of halogens is 3. The Labute approximate surface area is 95.4 Å². The molecule has 1 aromatic heterocycles. The first-order valence-electron chi connectivity index (χ1n) is 4.57. The van der Waals surface area contributed by atoms with Gasteiger partial charge in [-0.3, -0.25) is 4.79 Å². The molecule has 0 aromatic carbocycles. The van der Waals surface area contributed by atoms with Gasteiger partial charge in [-0.25, -0.2) is 13.8 Å². The molecule has 0 unspecified atom stereocenters. The normalized spacial score (nSPS) is 10.5. The van der Waals surface area contributed by atoms with Crippen molar-refractivity contribution in [3.63, 3.8) is 0 Å². The molecule has 7 heteroatoms. The molecule has 1 aromatic rings. The van der Waals surface area contributed by atoms with Crippen LogP contribution in [0.5, 0.6) is 5.75 Å². The molecule has 0 spiro atoms. The highest BCUT2D eigenvalue weighted by Gasteiger charge is 2.20. The van der Waals surface area contributed by atoms with Gasteiger partial charge in [0.15, 0.2) is 0 Å². The number of nitrogens with zero attached hydrogens (tertiary/aromatic N) is 1. The lowest BCUT2D eigenvalue weighted by Gasteiger charge is -2.10. The van der Waals surface area contributed by atoms with Crippen molar-refractivity contribution in [2.24, 2.45) is 0 Å². The van der Waals surface area contributed by atoms with Crippen LogP contribution in [-0.4, -0.2) is 25.2 Å². The van der Waals surface area contributed by atoms with Crippen molar-refractivity contribution in [3.05, 3.63) is 23.3 Å². The summed E-state index contributed by atoms with van der Waals surface area (Å²) < 4.78 is 47.2. The minimum absolute atomic E-state index is 0.154. The number of carbonyl (C=O) groups excluding carboxylic acids is 1. The van der Waals surface area contributed by atoms with Gasteiger partial charge in [-0.05, 0) is 0 Å². The molecule has 0 aliphatic carbocycles. The van der Waals surface area contributed by atoms with Gasteiger partial charge in [0.05, 0.1) is 26.2 Å². The van der Waals surface area contributed by atoms with Crippen molar-refractivity contribution in [2.45, 2.75) is 12.8 Å². The zero-order valence-corrected chi connectivity index (χ0v) is 9.17. The first kappa shape index (κ1) is 13.3. The monoisotopic (exact) mass is 249 g/mol. The number of methoxy groups -OCH3 is 2. The largest absolute Gasteiger partial charge is 0.496 e. The summed E-state index contributed by atoms with van der Waals surface area (Å²) in [6, 6.07) is 0.895. The zero-order chi connectivity index (χ0) is 13.0. The highest BCUT2D eigenvalue weighted by Crippen LogP contribution is 2.27. The van der Waals surface area contributed by atoms with E-state index >= 15 is 0 Å². The van der Waals surface area contributed by atoms with Gasteiger partial charge in [-0.1, -0.05) is 0 Å². The van der Waals surface area contributed by atoms with Gasteiger partial charge < -0.3 is 9.47 Å². The Morgan fingerprint density at radius 2 is 2.12 bits per heavy atom. The Morgan fingerprint density at radius 1 is 1.47 bits per heavy atom. The summed E-state index contributed by atoms with van der Waals surface area (Å²) in [4.78, 5) is 14.1. The van der Waals surface area contributed by atoms with Crippen molar-refractivity contribution in [3.8, 4) is 5.75 Å². The molecule has 0 aliphatic heterocycles. The second-order valence-corrected chi connectivity index (χ2v) is 3.07. The van der Waals surface area contributed by atoms with E-state index < -0.39 is 30.5 Å². The fraction of sp³-hybridized carbons (Fsp3) is 0.400. The van der Waals surface area contributed by atoms with Crippen LogP contribution in [0.3, 0.4) is 0 Å². The van der Waals surface area contributed by atoms with Gasteiger partial charge in [0.2, 0.25) is 5.95 Å². The zero-order valence-electron chi connectivity index (χ0n) is 9.17. The lowest BCUT2D eigenvalue weighted by atomic mass is 10.1. The lowest BCUT2D eigenvalue weighted by molar-refractivity contribution is -0.139. The van der Waals surface area contributed by atoms with Crippen molar-refractivity contribution in [1.29, 1.82) is 0 Å². The molecular formula is C10H10F3NO3. The number of carbonyl (C=O) groups is 1. The number of hydrogen-bond donors (Lipinski definition) is 0. The lowest BCUT2D eigenvalue weighted by Crippen LogP contribution is -2.10. The number of hydrogen-bond acceptors (Lipinski definition) is 4. The highest BCUT2D eigenvalue weighted by molar-refractivity contribution is 5.73. The van der Waals surface area contributed by atoms with Crippen LogP contribution in [0.4, 0.5) is 13.2 Å². The molecule has 1 rings (SSSR count). The van der Waals surface area contributed by atoms with E-state index in [1.54, 1.807) is 0 Å². The van der Waals surface area contributed by atoms with E-state index in [2.05, 4.69) is 9.72 Å². The van der Waals surface area contributed by atoms with Gasteiger partial charge in [-0.15, -0.1) is 0 Å². The Kier molecular flexibility index (Phi) is 4.30. The maximum Gasteiger partial charge on any atom is 0.310 e. The molecule has 0 saturated carbocycles. The quantitative estimate of drug-likeness (QED) is 0.604. The van der Waals surface area contributed by atoms with Crippen LogP contribution in [0.25, 0.3) is 0 Å². The molecule has 0 fully saturated rings. The number of pyridine rings is 1. The van der Waals surface area contributed by atoms with Crippen LogP contribution in [0.1, 0.15) is 17.7 Å². The van der Waals surface area contributed by atoms with Gasteiger partial charge in [0.25, 0.3) is 6.43 Å². The van der Waals surface area contributed by atoms with E-state index in [4.69, 9.17) is 4.74 Å². The van der Waals surface area contributed by atoms with Crippen LogP contribution in [0.2, 0.25) is 0 Å². The number of rotatable bonds is 4. The number of ether oxygens (including phenoxy) is 2. The van der Waals surface area contributed by atoms with Crippen LogP contribution in [-0.2, 0) is 16.0 Å². The van der Waals surface area contributed by atoms with Crippen molar-refractivity contribution in [2.75, 3.05) is 14.2 Å². The molecule has 0 aliphatic rings. The van der Waals surface area contributed by atoms with E-state index in [1.165, 1.54) is 7.11 Å². The number of aromatic nitrogens is 1. The van der Waals surface area contributed by atoms with Crippen LogP contribution < -0.4 is 4.74 Å². The van der Waals surface area contributed by atoms with E-state index in [1.807, 2.05) is 0 Å². The smallest absolute Gasteiger partial charge is 0.310 e. The maximum atomic E-state index is 13.4. The fourth-order valence-corrected chi connectivity index (χ4v) is 1.21. The Morgan fingerprint density at radius 3 is 2.59 bits per heavy atom. The Hall–Kier alpha value is -1.79. The van der Waals surface area contributed by atoms with E-state index in [9.17, 15) is 18.0 Å². The summed E-state index contributed by atoms with van der Waals surface area (Å²) in [5.74, 6) is -2.03. The van der Waals surface area contributed by atoms with Crippen LogP contribution in [0, 0.1) is 5.95 Å². The number of alkyl halides is 2. The van der Waals surface area contributed by atoms with Crippen LogP contribution in [0.15, 0.2) is 6.07 Å². The summed E-state index contributed by atoms with van der Waals surface area (Å²) in [7, 11) is 2.32. The summed E-state index contributed by atoms with van der Waals surface area (Å²) in [6.07, 6.45) is -3.34. The average Bonchev–Trinajstić information content (AvgIpc) is 2.30. The van der Waals surface area contributed by atoms with Gasteiger partial charge >= 0.3 is 5.97 Å². The molecular weight excluding hydrogens is 239 g/mol. The molecule has 4 nitrogen and oxygen atoms in total. The van der Waals surface area contributed by atoms with Gasteiger partial charge in [0, 0.05) is 6.07 Å². The van der Waals surface area contributed by atoms with Crippen LogP contribution >= 0.6 is 0 Å². The molecule has 0 amide bonds. The SMILES string of the molecule is COC(=O)Cc1c(OC)cc(C(F)F)nc1F. The summed E-state index contributed by atoms with van der Waals surface area (Å²) in [5.41, 5.74) is -0.947. The van der Waals surface area contributed by atoms with E-state index in [0.717, 1.165) is 13.2 Å². The third-order valence-corrected chi connectivity index (χ3v) is 2.04. The van der Waals surface area contributed by atoms with Gasteiger partial charge in [0.1, 0.15) is 11.4 Å². The molecule has 0 N–H and O–H groups in total. The Balaban J connectivity index is 3.16. The molecule has 0 atom stereocenters. The topological polar surface area (TPSA) is 48.4 Å². The third kappa shape index (κ3) is 3.08. The molecule has 17 heavy (non-hydrogen) atoms. The summed E-state index contributed by atoms with van der Waals surface area (Å²) in [6.45, 7) is 0. The molecule has 94 valence electrons. The minimum atomic E-state index is -2.91. The van der Waals surface area contributed by atoms with E-state index in [0.29, 0.717) is 0 Å². The standard InChI is InChI=1S/C10H10F3NO3/c1-16-7-4-6(9(11)12)14-10(13)5(7)3-8(15)17-2/h4,9H,3H2,1-2H3. The minimum Gasteiger partial charge on any atom is -0.496 e. The summed E-state index contributed by atoms with van der Waals surface area (Å²) >= 11 is 0. The van der Waals surface area contributed by atoms with Crippen molar-refractivity contribution < 1.29 is 27.4 Å².